The maximum atomic E-state index is 12.3. The van der Waals surface area contributed by atoms with Crippen LogP contribution in [0.5, 0.6) is 11.5 Å². The average molecular weight is 400 g/mol. The molecule has 0 saturated heterocycles. The van der Waals surface area contributed by atoms with Gasteiger partial charge in [-0.2, -0.15) is 4.98 Å². The fourth-order valence-electron chi connectivity index (χ4n) is 2.95. The molecule has 0 atom stereocenters. The third kappa shape index (κ3) is 4.28. The van der Waals surface area contributed by atoms with Crippen LogP contribution in [0.1, 0.15) is 16.7 Å². The number of halogens is 1. The van der Waals surface area contributed by atoms with Gasteiger partial charge in [0.1, 0.15) is 5.75 Å². The van der Waals surface area contributed by atoms with E-state index < -0.39 is 5.56 Å². The zero-order valence-corrected chi connectivity index (χ0v) is 17.0. The quantitative estimate of drug-likeness (QED) is 0.668. The number of aryl methyl sites for hydroxylation is 1. The van der Waals surface area contributed by atoms with Crippen molar-refractivity contribution in [2.24, 2.45) is 0 Å². The molecule has 0 saturated carbocycles. The van der Waals surface area contributed by atoms with E-state index in [0.717, 1.165) is 28.1 Å². The molecule has 0 unspecified atom stereocenters. The second-order valence-corrected chi connectivity index (χ2v) is 6.90. The lowest BCUT2D eigenvalue weighted by Gasteiger charge is -2.18. The Bertz CT molecular complexity index is 1060. The molecule has 28 heavy (non-hydrogen) atoms. The number of nitrogens with one attached hydrogen (secondary N) is 1. The predicted molar refractivity (Wildman–Crippen MR) is 111 cm³/mol. The highest BCUT2D eigenvalue weighted by Crippen LogP contribution is 2.29. The van der Waals surface area contributed by atoms with Crippen molar-refractivity contribution >= 4 is 23.2 Å². The highest BCUT2D eigenvalue weighted by molar-refractivity contribution is 6.30. The second-order valence-electron chi connectivity index (χ2n) is 6.46. The van der Waals surface area contributed by atoms with Crippen molar-refractivity contribution in [3.8, 4) is 11.5 Å². The van der Waals surface area contributed by atoms with Crippen molar-refractivity contribution < 1.29 is 9.47 Å². The predicted octanol–water partition coefficient (Wildman–Crippen LogP) is 4.32. The lowest BCUT2D eigenvalue weighted by atomic mass is 10.1. The van der Waals surface area contributed by atoms with Gasteiger partial charge in [0.15, 0.2) is 0 Å². The molecule has 0 radical (unpaired) electrons. The van der Waals surface area contributed by atoms with E-state index in [1.807, 2.05) is 54.8 Å². The normalized spacial score (nSPS) is 10.6. The number of rotatable bonds is 6. The molecule has 1 N–H and O–H groups in total. The van der Waals surface area contributed by atoms with Crippen molar-refractivity contribution in [1.82, 2.24) is 9.55 Å². The molecule has 0 aliphatic carbocycles. The fourth-order valence-corrected chi connectivity index (χ4v) is 3.17. The molecule has 0 aliphatic heterocycles. The van der Waals surface area contributed by atoms with Gasteiger partial charge in [-0.05, 0) is 49.2 Å². The van der Waals surface area contributed by atoms with E-state index in [-0.39, 0.29) is 5.75 Å². The number of nitrogens with zero attached hydrogens (tertiary/aromatic N) is 2. The first-order chi connectivity index (χ1) is 13.4. The van der Waals surface area contributed by atoms with Gasteiger partial charge >= 0.3 is 5.56 Å². The summed E-state index contributed by atoms with van der Waals surface area (Å²) in [5.41, 5.74) is 3.30. The lowest BCUT2D eigenvalue weighted by molar-refractivity contribution is 0.402. The largest absolute Gasteiger partial charge is 0.496 e. The summed E-state index contributed by atoms with van der Waals surface area (Å²) in [6.07, 6.45) is 1.64. The van der Waals surface area contributed by atoms with Gasteiger partial charge in [-0.25, -0.2) is 0 Å². The SMILES string of the molecule is COc1cc(C)cc(Nc2nc(=O)c(OC)cn2Cc2cccc(Cl)c2)c1C. The number of benzene rings is 2. The molecule has 2 aromatic carbocycles. The number of aromatic nitrogens is 2. The van der Waals surface area contributed by atoms with Gasteiger partial charge in [-0.3, -0.25) is 4.79 Å². The topological polar surface area (TPSA) is 65.4 Å². The summed E-state index contributed by atoms with van der Waals surface area (Å²) in [5.74, 6) is 1.34. The number of hydrogen-bond acceptors (Lipinski definition) is 5. The highest BCUT2D eigenvalue weighted by atomic mass is 35.5. The zero-order chi connectivity index (χ0) is 20.3. The van der Waals surface area contributed by atoms with Gasteiger partial charge in [0.05, 0.1) is 27.0 Å². The Hall–Kier alpha value is -2.99. The van der Waals surface area contributed by atoms with Gasteiger partial charge in [0.2, 0.25) is 11.7 Å². The number of anilines is 2. The molecular formula is C21H22ClN3O3. The minimum Gasteiger partial charge on any atom is -0.496 e. The van der Waals surface area contributed by atoms with E-state index in [1.54, 1.807) is 13.3 Å². The van der Waals surface area contributed by atoms with Crippen molar-refractivity contribution in [3.05, 3.63) is 74.7 Å². The van der Waals surface area contributed by atoms with Crippen LogP contribution in [0.3, 0.4) is 0 Å². The van der Waals surface area contributed by atoms with Gasteiger partial charge in [0, 0.05) is 16.3 Å². The molecule has 1 heterocycles. The zero-order valence-electron chi connectivity index (χ0n) is 16.2. The number of methoxy groups -OCH3 is 2. The summed E-state index contributed by atoms with van der Waals surface area (Å²) < 4.78 is 12.4. The standard InChI is InChI=1S/C21H22ClN3O3/c1-13-8-17(14(2)18(9-13)27-3)23-21-24-20(26)19(28-4)12-25(21)11-15-6-5-7-16(22)10-15/h5-10,12H,11H2,1-4H3,(H,23,24,26). The molecule has 146 valence electrons. The maximum Gasteiger partial charge on any atom is 0.316 e. The molecule has 0 aliphatic rings. The van der Waals surface area contributed by atoms with Crippen LogP contribution in [0.4, 0.5) is 11.6 Å². The number of hydrogen-bond donors (Lipinski definition) is 1. The van der Waals surface area contributed by atoms with Crippen molar-refractivity contribution in [1.29, 1.82) is 0 Å². The van der Waals surface area contributed by atoms with Crippen LogP contribution in [-0.4, -0.2) is 23.8 Å². The third-order valence-corrected chi connectivity index (χ3v) is 4.63. The Balaban J connectivity index is 2.06. The first kappa shape index (κ1) is 19.8. The summed E-state index contributed by atoms with van der Waals surface area (Å²) in [6, 6.07) is 11.5. The lowest BCUT2D eigenvalue weighted by Crippen LogP contribution is -2.19. The summed E-state index contributed by atoms with van der Waals surface area (Å²) >= 11 is 6.11. The van der Waals surface area contributed by atoms with E-state index in [9.17, 15) is 4.79 Å². The molecule has 3 aromatic rings. The van der Waals surface area contributed by atoms with Crippen LogP contribution in [0, 0.1) is 13.8 Å². The molecule has 0 bridgehead atoms. The van der Waals surface area contributed by atoms with Gasteiger partial charge < -0.3 is 19.4 Å². The molecule has 6 nitrogen and oxygen atoms in total. The fraction of sp³-hybridized carbons (Fsp3) is 0.238. The Morgan fingerprint density at radius 1 is 1.11 bits per heavy atom. The minimum absolute atomic E-state index is 0.172. The van der Waals surface area contributed by atoms with Crippen LogP contribution >= 0.6 is 11.6 Å². The van der Waals surface area contributed by atoms with Crippen molar-refractivity contribution in [2.75, 3.05) is 19.5 Å². The first-order valence-corrected chi connectivity index (χ1v) is 9.11. The highest BCUT2D eigenvalue weighted by Gasteiger charge is 2.13. The number of ether oxygens (including phenoxy) is 2. The Morgan fingerprint density at radius 2 is 1.86 bits per heavy atom. The Morgan fingerprint density at radius 3 is 2.54 bits per heavy atom. The summed E-state index contributed by atoms with van der Waals surface area (Å²) in [5, 5.41) is 3.91. The molecule has 0 spiro atoms. The minimum atomic E-state index is -0.440. The molecule has 1 aromatic heterocycles. The van der Waals surface area contributed by atoms with Crippen LogP contribution in [0.25, 0.3) is 0 Å². The molecule has 3 rings (SSSR count). The van der Waals surface area contributed by atoms with Gasteiger partial charge in [-0.1, -0.05) is 23.7 Å². The van der Waals surface area contributed by atoms with E-state index in [1.165, 1.54) is 7.11 Å². The summed E-state index contributed by atoms with van der Waals surface area (Å²) in [4.78, 5) is 16.4. The van der Waals surface area contributed by atoms with Gasteiger partial charge in [-0.15, -0.1) is 0 Å². The average Bonchev–Trinajstić information content (AvgIpc) is 2.66. The second kappa shape index (κ2) is 8.35. The van der Waals surface area contributed by atoms with E-state index in [4.69, 9.17) is 21.1 Å². The first-order valence-electron chi connectivity index (χ1n) is 8.73. The summed E-state index contributed by atoms with van der Waals surface area (Å²) in [7, 11) is 3.08. The Kier molecular flexibility index (Phi) is 5.90. The molecule has 7 heteroatoms. The molecule has 0 fully saturated rings. The third-order valence-electron chi connectivity index (χ3n) is 4.40. The van der Waals surface area contributed by atoms with E-state index in [2.05, 4.69) is 10.3 Å². The van der Waals surface area contributed by atoms with Gasteiger partial charge in [0.25, 0.3) is 0 Å². The maximum absolute atomic E-state index is 12.3. The van der Waals surface area contributed by atoms with E-state index >= 15 is 0 Å². The van der Waals surface area contributed by atoms with Crippen LogP contribution < -0.4 is 20.3 Å². The Labute approximate surface area is 168 Å². The monoisotopic (exact) mass is 399 g/mol. The van der Waals surface area contributed by atoms with Crippen LogP contribution in [0.2, 0.25) is 5.02 Å². The molecule has 0 amide bonds. The van der Waals surface area contributed by atoms with Crippen molar-refractivity contribution in [3.63, 3.8) is 0 Å². The molecular weight excluding hydrogens is 378 g/mol. The smallest absolute Gasteiger partial charge is 0.316 e. The van der Waals surface area contributed by atoms with E-state index in [0.29, 0.717) is 17.5 Å². The van der Waals surface area contributed by atoms with Crippen LogP contribution in [-0.2, 0) is 6.54 Å². The van der Waals surface area contributed by atoms with Crippen LogP contribution in [0.15, 0.2) is 47.4 Å². The summed E-state index contributed by atoms with van der Waals surface area (Å²) in [6.45, 7) is 4.39. The van der Waals surface area contributed by atoms with Crippen molar-refractivity contribution in [2.45, 2.75) is 20.4 Å².